The van der Waals surface area contributed by atoms with Crippen LogP contribution in [0.1, 0.15) is 0 Å². The van der Waals surface area contributed by atoms with Crippen molar-refractivity contribution in [1.29, 1.82) is 0 Å². The predicted octanol–water partition coefficient (Wildman–Crippen LogP) is 1.89. The van der Waals surface area contributed by atoms with E-state index in [0.717, 1.165) is 18.2 Å². The van der Waals surface area contributed by atoms with E-state index in [2.05, 4.69) is 15.6 Å². The van der Waals surface area contributed by atoms with Crippen molar-refractivity contribution in [3.05, 3.63) is 53.6 Å². The van der Waals surface area contributed by atoms with E-state index in [-0.39, 0.29) is 23.2 Å². The van der Waals surface area contributed by atoms with Crippen LogP contribution in [0.25, 0.3) is 0 Å². The SMILES string of the molecule is O=C(O)Cn1ccnc1NC(=O)/C=C/C(=O)Nc1ccc(F)c(Cl)c1. The monoisotopic (exact) mass is 366 g/mol. The maximum atomic E-state index is 13.0. The fourth-order valence-corrected chi connectivity index (χ4v) is 1.95. The van der Waals surface area contributed by atoms with Crippen LogP contribution < -0.4 is 10.6 Å². The molecule has 2 rings (SSSR count). The second-order valence-electron chi connectivity index (χ2n) is 4.71. The van der Waals surface area contributed by atoms with Gasteiger partial charge in [0.2, 0.25) is 11.9 Å². The third-order valence-electron chi connectivity index (χ3n) is 2.83. The molecule has 130 valence electrons. The molecule has 0 saturated carbocycles. The van der Waals surface area contributed by atoms with E-state index in [4.69, 9.17) is 16.7 Å². The Balaban J connectivity index is 1.93. The van der Waals surface area contributed by atoms with E-state index < -0.39 is 23.6 Å². The average Bonchev–Trinajstić information content (AvgIpc) is 2.95. The topological polar surface area (TPSA) is 113 Å². The van der Waals surface area contributed by atoms with Crippen LogP contribution in [0.5, 0.6) is 0 Å². The van der Waals surface area contributed by atoms with Crippen LogP contribution >= 0.6 is 11.6 Å². The Morgan fingerprint density at radius 2 is 1.92 bits per heavy atom. The van der Waals surface area contributed by atoms with Gasteiger partial charge in [0.05, 0.1) is 5.02 Å². The summed E-state index contributed by atoms with van der Waals surface area (Å²) in [7, 11) is 0. The van der Waals surface area contributed by atoms with Gasteiger partial charge in [-0.3, -0.25) is 19.7 Å². The van der Waals surface area contributed by atoms with Gasteiger partial charge in [0.1, 0.15) is 12.4 Å². The van der Waals surface area contributed by atoms with E-state index >= 15 is 0 Å². The highest BCUT2D eigenvalue weighted by Crippen LogP contribution is 2.19. The Morgan fingerprint density at radius 1 is 1.24 bits per heavy atom. The molecular formula is C15H12ClFN4O4. The first-order valence-corrected chi connectivity index (χ1v) is 7.21. The van der Waals surface area contributed by atoms with Gasteiger partial charge in [0.15, 0.2) is 0 Å². The molecule has 0 atom stereocenters. The number of carbonyl (C=O) groups is 3. The number of imidazole rings is 1. The first-order chi connectivity index (χ1) is 11.8. The number of anilines is 2. The third kappa shape index (κ3) is 5.43. The fraction of sp³-hybridized carbons (Fsp3) is 0.0667. The summed E-state index contributed by atoms with van der Waals surface area (Å²) >= 11 is 5.60. The molecule has 0 aliphatic rings. The van der Waals surface area contributed by atoms with Crippen molar-refractivity contribution in [2.75, 3.05) is 10.6 Å². The van der Waals surface area contributed by atoms with Crippen LogP contribution in [-0.2, 0) is 20.9 Å². The minimum Gasteiger partial charge on any atom is -0.480 e. The fourth-order valence-electron chi connectivity index (χ4n) is 1.77. The lowest BCUT2D eigenvalue weighted by Crippen LogP contribution is -2.17. The Labute approximate surface area is 145 Å². The summed E-state index contributed by atoms with van der Waals surface area (Å²) in [6.07, 6.45) is 4.61. The third-order valence-corrected chi connectivity index (χ3v) is 3.12. The summed E-state index contributed by atoms with van der Waals surface area (Å²) in [5.74, 6) is -2.99. The zero-order valence-electron chi connectivity index (χ0n) is 12.6. The number of carboxylic acid groups (broad SMARTS) is 1. The number of aliphatic carboxylic acids is 1. The zero-order chi connectivity index (χ0) is 18.4. The van der Waals surface area contributed by atoms with Crippen LogP contribution in [-0.4, -0.2) is 32.4 Å². The van der Waals surface area contributed by atoms with E-state index in [1.54, 1.807) is 0 Å². The van der Waals surface area contributed by atoms with Crippen molar-refractivity contribution >= 4 is 41.0 Å². The molecule has 0 aliphatic heterocycles. The van der Waals surface area contributed by atoms with Crippen LogP contribution in [0.15, 0.2) is 42.7 Å². The molecule has 8 nitrogen and oxygen atoms in total. The van der Waals surface area contributed by atoms with Gasteiger partial charge in [-0.15, -0.1) is 0 Å². The largest absolute Gasteiger partial charge is 0.480 e. The zero-order valence-corrected chi connectivity index (χ0v) is 13.3. The molecule has 2 amide bonds. The van der Waals surface area contributed by atoms with Gasteiger partial charge in [0.25, 0.3) is 5.91 Å². The van der Waals surface area contributed by atoms with Gasteiger partial charge in [-0.2, -0.15) is 0 Å². The lowest BCUT2D eigenvalue weighted by molar-refractivity contribution is -0.137. The highest BCUT2D eigenvalue weighted by atomic mass is 35.5. The normalized spacial score (nSPS) is 10.6. The maximum Gasteiger partial charge on any atom is 0.323 e. The maximum absolute atomic E-state index is 13.0. The lowest BCUT2D eigenvalue weighted by Gasteiger charge is -2.05. The van der Waals surface area contributed by atoms with E-state index in [1.165, 1.54) is 29.1 Å². The molecule has 1 aromatic heterocycles. The van der Waals surface area contributed by atoms with E-state index in [9.17, 15) is 18.8 Å². The minimum atomic E-state index is -1.10. The molecule has 2 aromatic rings. The average molecular weight is 367 g/mol. The molecule has 3 N–H and O–H groups in total. The molecule has 0 saturated heterocycles. The summed E-state index contributed by atoms with van der Waals surface area (Å²) in [5.41, 5.74) is 0.262. The van der Waals surface area contributed by atoms with Crippen molar-refractivity contribution < 1.29 is 23.9 Å². The highest BCUT2D eigenvalue weighted by Gasteiger charge is 2.09. The number of hydrogen-bond acceptors (Lipinski definition) is 4. The number of halogens is 2. The van der Waals surface area contributed by atoms with Gasteiger partial charge < -0.3 is 15.0 Å². The van der Waals surface area contributed by atoms with Crippen LogP contribution in [0, 0.1) is 5.82 Å². The molecule has 1 aromatic carbocycles. The van der Waals surface area contributed by atoms with Crippen LogP contribution in [0.2, 0.25) is 5.02 Å². The van der Waals surface area contributed by atoms with E-state index in [1.807, 2.05) is 0 Å². The number of nitrogens with one attached hydrogen (secondary N) is 2. The molecule has 25 heavy (non-hydrogen) atoms. The van der Waals surface area contributed by atoms with Gasteiger partial charge in [-0.05, 0) is 18.2 Å². The number of aromatic nitrogens is 2. The first kappa shape index (κ1) is 18.1. The summed E-state index contributed by atoms with van der Waals surface area (Å²) in [4.78, 5) is 38.0. The second-order valence-corrected chi connectivity index (χ2v) is 5.12. The molecule has 0 radical (unpaired) electrons. The van der Waals surface area contributed by atoms with Crippen molar-refractivity contribution in [2.24, 2.45) is 0 Å². The quantitative estimate of drug-likeness (QED) is 0.676. The minimum absolute atomic E-state index is 0.0303. The molecule has 0 unspecified atom stereocenters. The standard InChI is InChI=1S/C15H12ClFN4O4/c16-10-7-9(1-2-11(10)17)19-12(22)3-4-13(23)20-15-18-5-6-21(15)8-14(24)25/h1-7H,8H2,(H,19,22)(H,24,25)(H,18,20,23)/b4-3+. The number of nitrogens with zero attached hydrogens (tertiary/aromatic N) is 2. The predicted molar refractivity (Wildman–Crippen MR) is 87.7 cm³/mol. The van der Waals surface area contributed by atoms with Crippen LogP contribution in [0.3, 0.4) is 0 Å². The highest BCUT2D eigenvalue weighted by molar-refractivity contribution is 6.31. The van der Waals surface area contributed by atoms with Crippen molar-refractivity contribution in [1.82, 2.24) is 9.55 Å². The Bertz CT molecular complexity index is 850. The Morgan fingerprint density at radius 3 is 2.56 bits per heavy atom. The van der Waals surface area contributed by atoms with Crippen LogP contribution in [0.4, 0.5) is 16.0 Å². The molecule has 1 heterocycles. The lowest BCUT2D eigenvalue weighted by atomic mass is 10.3. The molecule has 10 heteroatoms. The Kier molecular flexibility index (Phi) is 5.85. The molecule has 0 spiro atoms. The Hall–Kier alpha value is -3.20. The summed E-state index contributed by atoms with van der Waals surface area (Å²) < 4.78 is 14.2. The number of benzene rings is 1. The molecule has 0 fully saturated rings. The smallest absolute Gasteiger partial charge is 0.323 e. The second kappa shape index (κ2) is 8.06. The first-order valence-electron chi connectivity index (χ1n) is 6.83. The number of hydrogen-bond donors (Lipinski definition) is 3. The molecular weight excluding hydrogens is 355 g/mol. The summed E-state index contributed by atoms with van der Waals surface area (Å²) in [6, 6.07) is 3.64. The van der Waals surface area contributed by atoms with Gasteiger partial charge in [0, 0.05) is 30.2 Å². The summed E-state index contributed by atoms with van der Waals surface area (Å²) in [6.45, 7) is -0.370. The summed E-state index contributed by atoms with van der Waals surface area (Å²) in [5, 5.41) is 13.3. The number of carbonyl (C=O) groups excluding carboxylic acids is 2. The molecule has 0 aliphatic carbocycles. The van der Waals surface area contributed by atoms with E-state index in [0.29, 0.717) is 0 Å². The number of rotatable bonds is 6. The molecule has 0 bridgehead atoms. The van der Waals surface area contributed by atoms with Crippen molar-refractivity contribution in [3.8, 4) is 0 Å². The van der Waals surface area contributed by atoms with Gasteiger partial charge in [-0.25, -0.2) is 9.37 Å². The van der Waals surface area contributed by atoms with Crippen molar-refractivity contribution in [2.45, 2.75) is 6.54 Å². The van der Waals surface area contributed by atoms with Gasteiger partial charge in [-0.1, -0.05) is 11.6 Å². The van der Waals surface area contributed by atoms with Crippen molar-refractivity contribution in [3.63, 3.8) is 0 Å². The number of amides is 2. The van der Waals surface area contributed by atoms with Gasteiger partial charge >= 0.3 is 5.97 Å². The number of carboxylic acids is 1.